The minimum Gasteiger partial charge on any atom is -0.346 e. The van der Waals surface area contributed by atoms with E-state index in [4.69, 9.17) is 10.1 Å². The van der Waals surface area contributed by atoms with Gasteiger partial charge in [-0.3, -0.25) is 14.6 Å². The molecule has 3 heterocycles. The number of aromatic nitrogens is 2. The van der Waals surface area contributed by atoms with Crippen LogP contribution in [0.2, 0.25) is 0 Å². The normalized spacial score (nSPS) is 23.4. The van der Waals surface area contributed by atoms with E-state index in [1.54, 1.807) is 6.07 Å². The molecule has 32 heavy (non-hydrogen) atoms. The summed E-state index contributed by atoms with van der Waals surface area (Å²) in [5, 5.41) is 10.6. The number of pyridine rings is 1. The van der Waals surface area contributed by atoms with Crippen molar-refractivity contribution < 1.29 is 14.0 Å². The Morgan fingerprint density at radius 1 is 1.19 bits per heavy atom. The molecule has 0 unspecified atom stereocenters. The largest absolute Gasteiger partial charge is 0.346 e. The van der Waals surface area contributed by atoms with Crippen LogP contribution in [0.1, 0.15) is 49.3 Å². The van der Waals surface area contributed by atoms with Gasteiger partial charge in [-0.05, 0) is 73.6 Å². The van der Waals surface area contributed by atoms with Crippen molar-refractivity contribution in [1.29, 1.82) is 5.26 Å². The molecule has 2 fully saturated rings. The van der Waals surface area contributed by atoms with E-state index in [1.807, 2.05) is 24.4 Å². The van der Waals surface area contributed by atoms with Gasteiger partial charge in [-0.25, -0.2) is 9.45 Å². The molecule has 0 radical (unpaired) electrons. The fraction of sp³-hybridized carbons (Fsp3) is 0.400. The number of amides is 1. The van der Waals surface area contributed by atoms with Gasteiger partial charge in [0, 0.05) is 31.3 Å². The van der Waals surface area contributed by atoms with Gasteiger partial charge in [-0.1, -0.05) is 0 Å². The summed E-state index contributed by atoms with van der Waals surface area (Å²) >= 11 is 0. The first-order chi connectivity index (χ1) is 15.6. The highest BCUT2D eigenvalue weighted by Crippen LogP contribution is 2.37. The van der Waals surface area contributed by atoms with Gasteiger partial charge in [0.15, 0.2) is 0 Å². The average Bonchev–Trinajstić information content (AvgIpc) is 3.46. The van der Waals surface area contributed by atoms with E-state index in [-0.39, 0.29) is 23.4 Å². The first kappa shape index (κ1) is 20.7. The summed E-state index contributed by atoms with van der Waals surface area (Å²) in [6.07, 6.45) is 8.10. The zero-order chi connectivity index (χ0) is 22.1. The molecule has 2 aliphatic rings. The Bertz CT molecular complexity index is 1180. The van der Waals surface area contributed by atoms with Crippen LogP contribution >= 0.6 is 0 Å². The maximum absolute atomic E-state index is 13.9. The molecule has 1 aliphatic carbocycles. The quantitative estimate of drug-likeness (QED) is 0.596. The number of hydrogen-bond donors (Lipinski definition) is 0. The Labute approximate surface area is 186 Å². The van der Waals surface area contributed by atoms with Crippen molar-refractivity contribution in [2.24, 2.45) is 11.8 Å². The second kappa shape index (κ2) is 8.71. The van der Waals surface area contributed by atoms with Crippen molar-refractivity contribution >= 4 is 16.9 Å². The lowest BCUT2D eigenvalue weighted by Crippen LogP contribution is -2.37. The number of benzene rings is 1. The van der Waals surface area contributed by atoms with Crippen LogP contribution in [0.15, 0.2) is 48.8 Å². The van der Waals surface area contributed by atoms with Crippen molar-refractivity contribution in [3.8, 4) is 6.07 Å². The zero-order valence-electron chi connectivity index (χ0n) is 17.8. The van der Waals surface area contributed by atoms with Crippen molar-refractivity contribution in [1.82, 2.24) is 14.6 Å². The summed E-state index contributed by atoms with van der Waals surface area (Å²) in [5.74, 6) is -0.0543. The average molecular weight is 432 g/mol. The first-order valence-corrected chi connectivity index (χ1v) is 11.2. The van der Waals surface area contributed by atoms with Crippen LogP contribution in [-0.4, -0.2) is 27.1 Å². The Morgan fingerprint density at radius 3 is 2.84 bits per heavy atom. The molecule has 5 rings (SSSR count). The summed E-state index contributed by atoms with van der Waals surface area (Å²) in [5.41, 5.74) is 3.03. The fourth-order valence-electron chi connectivity index (χ4n) is 5.09. The molecule has 2 aromatic heterocycles. The second-order valence-electron chi connectivity index (χ2n) is 8.78. The lowest BCUT2D eigenvalue weighted by Gasteiger charge is -2.32. The summed E-state index contributed by atoms with van der Waals surface area (Å²) in [6, 6.07) is 12.0. The van der Waals surface area contributed by atoms with Gasteiger partial charge < -0.3 is 4.57 Å². The third kappa shape index (κ3) is 3.98. The molecular formula is C25H25FN4O2. The van der Waals surface area contributed by atoms with E-state index in [2.05, 4.69) is 21.8 Å². The molecule has 1 aromatic carbocycles. The molecule has 6 nitrogen and oxygen atoms in total. The highest BCUT2D eigenvalue weighted by molar-refractivity contribution is 5.78. The lowest BCUT2D eigenvalue weighted by atomic mass is 9.81. The Morgan fingerprint density at radius 2 is 2.03 bits per heavy atom. The number of rotatable bonds is 4. The molecule has 1 amide bonds. The van der Waals surface area contributed by atoms with Crippen molar-refractivity contribution in [3.05, 3.63) is 65.7 Å². The van der Waals surface area contributed by atoms with Crippen LogP contribution in [0.5, 0.6) is 0 Å². The predicted octanol–water partition coefficient (Wildman–Crippen LogP) is 4.76. The number of hydrogen-bond acceptors (Lipinski definition) is 4. The number of carbonyl (C=O) groups is 1. The van der Waals surface area contributed by atoms with Crippen LogP contribution in [0.25, 0.3) is 11.0 Å². The summed E-state index contributed by atoms with van der Waals surface area (Å²) in [6.45, 7) is 1.35. The Hall–Kier alpha value is -3.24. The maximum atomic E-state index is 13.9. The molecule has 3 aromatic rings. The standard InChI is InChI=1S/C25H25FN4O2/c26-21-13-18(15-27)12-20(14-21)23-8-11-32-30(23)25(31)19-5-3-17(4-6-19)16-29-10-7-22-24(29)2-1-9-28-22/h1-2,7,9-10,12-14,17,19,23H,3-6,8,11,16H2/t17?,19?,23-/m0/s1. The molecule has 1 atom stereocenters. The third-order valence-corrected chi connectivity index (χ3v) is 6.74. The molecule has 0 spiro atoms. The molecule has 1 aliphatic heterocycles. The van der Waals surface area contributed by atoms with Gasteiger partial charge in [-0.2, -0.15) is 5.26 Å². The van der Waals surface area contributed by atoms with Crippen LogP contribution in [-0.2, 0) is 16.2 Å². The van der Waals surface area contributed by atoms with Gasteiger partial charge in [0.1, 0.15) is 5.82 Å². The van der Waals surface area contributed by atoms with Crippen LogP contribution in [0.3, 0.4) is 0 Å². The van der Waals surface area contributed by atoms with E-state index in [1.165, 1.54) is 17.2 Å². The number of fused-ring (bicyclic) bond motifs is 1. The van der Waals surface area contributed by atoms with Gasteiger partial charge in [0.25, 0.3) is 0 Å². The van der Waals surface area contributed by atoms with Crippen molar-refractivity contribution in [3.63, 3.8) is 0 Å². The smallest absolute Gasteiger partial charge is 0.249 e. The highest BCUT2D eigenvalue weighted by atomic mass is 19.1. The van der Waals surface area contributed by atoms with E-state index in [9.17, 15) is 9.18 Å². The monoisotopic (exact) mass is 432 g/mol. The Kier molecular flexibility index (Phi) is 5.62. The topological polar surface area (TPSA) is 71.2 Å². The zero-order valence-corrected chi connectivity index (χ0v) is 17.8. The molecule has 164 valence electrons. The maximum Gasteiger partial charge on any atom is 0.249 e. The fourth-order valence-corrected chi connectivity index (χ4v) is 5.09. The lowest BCUT2D eigenvalue weighted by molar-refractivity contribution is -0.183. The summed E-state index contributed by atoms with van der Waals surface area (Å²) in [4.78, 5) is 23.3. The molecule has 1 saturated heterocycles. The first-order valence-electron chi connectivity index (χ1n) is 11.2. The van der Waals surface area contributed by atoms with E-state index >= 15 is 0 Å². The third-order valence-electron chi connectivity index (χ3n) is 6.74. The SMILES string of the molecule is N#Cc1cc(F)cc([C@@H]2CCON2C(=O)C2CCC(Cn3ccc4ncccc43)CC2)c1. The molecule has 7 heteroatoms. The second-order valence-corrected chi connectivity index (χ2v) is 8.78. The minimum absolute atomic E-state index is 0.0238. The number of nitriles is 1. The summed E-state index contributed by atoms with van der Waals surface area (Å²) in [7, 11) is 0. The van der Waals surface area contributed by atoms with Crippen LogP contribution in [0, 0.1) is 29.0 Å². The van der Waals surface area contributed by atoms with E-state index < -0.39 is 5.82 Å². The highest BCUT2D eigenvalue weighted by Gasteiger charge is 2.37. The van der Waals surface area contributed by atoms with Gasteiger partial charge in [-0.15, -0.1) is 0 Å². The van der Waals surface area contributed by atoms with Gasteiger partial charge >= 0.3 is 0 Å². The van der Waals surface area contributed by atoms with Gasteiger partial charge in [0.2, 0.25) is 5.91 Å². The number of halogens is 1. The van der Waals surface area contributed by atoms with Gasteiger partial charge in [0.05, 0.1) is 35.3 Å². The van der Waals surface area contributed by atoms with E-state index in [0.29, 0.717) is 24.5 Å². The number of hydroxylamine groups is 2. The molecule has 1 saturated carbocycles. The molecular weight excluding hydrogens is 407 g/mol. The van der Waals surface area contributed by atoms with Crippen LogP contribution < -0.4 is 0 Å². The number of nitrogens with zero attached hydrogens (tertiary/aromatic N) is 4. The van der Waals surface area contributed by atoms with Crippen molar-refractivity contribution in [2.75, 3.05) is 6.61 Å². The Balaban J connectivity index is 1.23. The predicted molar refractivity (Wildman–Crippen MR) is 116 cm³/mol. The number of carbonyl (C=O) groups excluding carboxylic acids is 1. The minimum atomic E-state index is -0.466. The summed E-state index contributed by atoms with van der Waals surface area (Å²) < 4.78 is 16.2. The molecule has 0 bridgehead atoms. The molecule has 0 N–H and O–H groups in total. The van der Waals surface area contributed by atoms with Crippen molar-refractivity contribution in [2.45, 2.75) is 44.7 Å². The van der Waals surface area contributed by atoms with E-state index in [0.717, 1.165) is 43.3 Å². The van der Waals surface area contributed by atoms with Crippen LogP contribution in [0.4, 0.5) is 4.39 Å².